The zero-order valence-corrected chi connectivity index (χ0v) is 12.4. The predicted molar refractivity (Wildman–Crippen MR) is 73.3 cm³/mol. The average molecular weight is 275 g/mol. The number of hydrogen-bond donors (Lipinski definition) is 1. The van der Waals surface area contributed by atoms with Crippen LogP contribution < -0.4 is 5.73 Å². The second kappa shape index (κ2) is 4.74. The lowest BCUT2D eigenvalue weighted by Crippen LogP contribution is -2.57. The van der Waals surface area contributed by atoms with E-state index in [4.69, 9.17) is 5.73 Å². The van der Waals surface area contributed by atoms with Gasteiger partial charge in [-0.2, -0.15) is 0 Å². The molecule has 2 heterocycles. The first-order valence-electron chi connectivity index (χ1n) is 6.63. The molecule has 0 amide bonds. The molecule has 0 spiro atoms. The summed E-state index contributed by atoms with van der Waals surface area (Å²) in [7, 11) is 1.33. The Bertz CT molecular complexity index is 400. The van der Waals surface area contributed by atoms with E-state index in [0.717, 1.165) is 19.4 Å². The van der Waals surface area contributed by atoms with Crippen LogP contribution >= 0.6 is 0 Å². The molecule has 0 aromatic rings. The Balaban J connectivity index is 2.14. The van der Waals surface area contributed by atoms with Crippen LogP contribution in [-0.2, 0) is 9.84 Å². The SMILES string of the molecule is CC1CC(CN)(N(C)C2CCS(=O)(=O)C2)CN1C. The van der Waals surface area contributed by atoms with Gasteiger partial charge in [-0.3, -0.25) is 4.90 Å². The van der Waals surface area contributed by atoms with Crippen LogP contribution in [0.3, 0.4) is 0 Å². The zero-order chi connectivity index (χ0) is 13.6. The van der Waals surface area contributed by atoms with Crippen molar-refractivity contribution in [3.63, 3.8) is 0 Å². The lowest BCUT2D eigenvalue weighted by Gasteiger charge is -2.41. The standard InChI is InChI=1S/C12H25N3O2S/c1-10-6-12(8-13,9-14(10)2)15(3)11-4-5-18(16,17)7-11/h10-11H,4-9,13H2,1-3H3. The Kier molecular flexibility index (Phi) is 3.75. The number of hydrogen-bond acceptors (Lipinski definition) is 5. The lowest BCUT2D eigenvalue weighted by molar-refractivity contribution is 0.0950. The van der Waals surface area contributed by atoms with Crippen molar-refractivity contribution in [2.75, 3.05) is 38.7 Å². The number of likely N-dealkylation sites (tertiary alicyclic amines) is 1. The van der Waals surface area contributed by atoms with Gasteiger partial charge < -0.3 is 10.6 Å². The van der Waals surface area contributed by atoms with E-state index in [1.807, 2.05) is 7.05 Å². The second-order valence-electron chi connectivity index (χ2n) is 6.06. The first-order chi connectivity index (χ1) is 8.30. The quantitative estimate of drug-likeness (QED) is 0.754. The van der Waals surface area contributed by atoms with Crippen molar-refractivity contribution in [1.82, 2.24) is 9.80 Å². The predicted octanol–water partition coefficient (Wildman–Crippen LogP) is -0.473. The Morgan fingerprint density at radius 2 is 2.17 bits per heavy atom. The van der Waals surface area contributed by atoms with E-state index in [-0.39, 0.29) is 11.6 Å². The van der Waals surface area contributed by atoms with Gasteiger partial charge in [0, 0.05) is 30.7 Å². The fraction of sp³-hybridized carbons (Fsp3) is 1.00. The fourth-order valence-electron chi connectivity index (χ4n) is 3.41. The maximum absolute atomic E-state index is 11.6. The van der Waals surface area contributed by atoms with Gasteiger partial charge in [-0.15, -0.1) is 0 Å². The van der Waals surface area contributed by atoms with Crippen molar-refractivity contribution in [3.8, 4) is 0 Å². The largest absolute Gasteiger partial charge is 0.329 e. The average Bonchev–Trinajstić information content (AvgIpc) is 2.80. The first-order valence-corrected chi connectivity index (χ1v) is 8.45. The number of nitrogens with two attached hydrogens (primary N) is 1. The molecule has 2 aliphatic rings. The normalized spacial score (nSPS) is 40.7. The summed E-state index contributed by atoms with van der Waals surface area (Å²) in [6.45, 7) is 3.73. The van der Waals surface area contributed by atoms with Crippen LogP contribution in [0.1, 0.15) is 19.8 Å². The minimum atomic E-state index is -2.83. The van der Waals surface area contributed by atoms with E-state index in [1.54, 1.807) is 0 Å². The van der Waals surface area contributed by atoms with Crippen molar-refractivity contribution in [2.45, 2.75) is 37.4 Å². The van der Waals surface area contributed by atoms with Gasteiger partial charge in [-0.05, 0) is 33.9 Å². The van der Waals surface area contributed by atoms with E-state index in [0.29, 0.717) is 24.1 Å². The summed E-state index contributed by atoms with van der Waals surface area (Å²) < 4.78 is 23.2. The number of rotatable bonds is 3. The summed E-state index contributed by atoms with van der Waals surface area (Å²) in [5.74, 6) is 0.622. The van der Waals surface area contributed by atoms with E-state index in [1.165, 1.54) is 0 Å². The van der Waals surface area contributed by atoms with Crippen molar-refractivity contribution in [2.24, 2.45) is 5.73 Å². The van der Waals surface area contributed by atoms with Crippen LogP contribution in [0.25, 0.3) is 0 Å². The zero-order valence-electron chi connectivity index (χ0n) is 11.6. The van der Waals surface area contributed by atoms with Crippen LogP contribution in [0.5, 0.6) is 0 Å². The molecule has 0 saturated carbocycles. The van der Waals surface area contributed by atoms with Gasteiger partial charge in [0.05, 0.1) is 11.5 Å². The highest BCUT2D eigenvalue weighted by molar-refractivity contribution is 7.91. The molecule has 2 N–H and O–H groups in total. The molecular weight excluding hydrogens is 250 g/mol. The van der Waals surface area contributed by atoms with E-state index < -0.39 is 9.84 Å². The minimum absolute atomic E-state index is 0.0569. The van der Waals surface area contributed by atoms with Gasteiger partial charge in [-0.1, -0.05) is 0 Å². The summed E-state index contributed by atoms with van der Waals surface area (Å²) in [6, 6.07) is 0.645. The molecule has 6 heteroatoms. The number of nitrogens with zero attached hydrogens (tertiary/aromatic N) is 2. The minimum Gasteiger partial charge on any atom is -0.329 e. The maximum atomic E-state index is 11.6. The molecule has 5 nitrogen and oxygen atoms in total. The highest BCUT2D eigenvalue weighted by atomic mass is 32.2. The summed E-state index contributed by atoms with van der Waals surface area (Å²) in [5.41, 5.74) is 5.95. The Hall–Kier alpha value is -0.170. The van der Waals surface area contributed by atoms with Crippen molar-refractivity contribution >= 4 is 9.84 Å². The molecule has 2 fully saturated rings. The first kappa shape index (κ1) is 14.2. The highest BCUT2D eigenvalue weighted by Crippen LogP contribution is 2.33. The van der Waals surface area contributed by atoms with E-state index >= 15 is 0 Å². The third-order valence-electron chi connectivity index (χ3n) is 4.86. The maximum Gasteiger partial charge on any atom is 0.151 e. The van der Waals surface area contributed by atoms with Crippen LogP contribution in [-0.4, -0.2) is 74.5 Å². The fourth-order valence-corrected chi connectivity index (χ4v) is 5.18. The summed E-state index contributed by atoms with van der Waals surface area (Å²) >= 11 is 0. The van der Waals surface area contributed by atoms with Gasteiger partial charge >= 0.3 is 0 Å². The smallest absolute Gasteiger partial charge is 0.151 e. The molecule has 106 valence electrons. The molecule has 2 rings (SSSR count). The molecule has 0 aromatic carbocycles. The van der Waals surface area contributed by atoms with Gasteiger partial charge in [0.1, 0.15) is 0 Å². The van der Waals surface area contributed by atoms with Crippen molar-refractivity contribution < 1.29 is 8.42 Å². The Morgan fingerprint density at radius 3 is 2.56 bits per heavy atom. The molecule has 0 radical (unpaired) electrons. The molecule has 2 saturated heterocycles. The summed E-state index contributed by atoms with van der Waals surface area (Å²) in [4.78, 5) is 4.56. The monoisotopic (exact) mass is 275 g/mol. The number of likely N-dealkylation sites (N-methyl/N-ethyl adjacent to an activating group) is 2. The molecular formula is C12H25N3O2S. The molecule has 0 aliphatic carbocycles. The third kappa shape index (κ3) is 2.43. The van der Waals surface area contributed by atoms with Crippen molar-refractivity contribution in [1.29, 1.82) is 0 Å². The highest BCUT2D eigenvalue weighted by Gasteiger charge is 2.46. The molecule has 0 aromatic heterocycles. The van der Waals surface area contributed by atoms with Crippen LogP contribution in [0.4, 0.5) is 0 Å². The van der Waals surface area contributed by atoms with E-state index in [2.05, 4.69) is 23.8 Å². The van der Waals surface area contributed by atoms with E-state index in [9.17, 15) is 8.42 Å². The second-order valence-corrected chi connectivity index (χ2v) is 8.29. The van der Waals surface area contributed by atoms with Gasteiger partial charge in [0.15, 0.2) is 9.84 Å². The molecule has 0 bridgehead atoms. The van der Waals surface area contributed by atoms with Crippen molar-refractivity contribution in [3.05, 3.63) is 0 Å². The number of sulfone groups is 1. The third-order valence-corrected chi connectivity index (χ3v) is 6.61. The summed E-state index contributed by atoms with van der Waals surface area (Å²) in [5, 5.41) is 0. The molecule has 3 unspecified atom stereocenters. The topological polar surface area (TPSA) is 66.6 Å². The molecule has 18 heavy (non-hydrogen) atoms. The summed E-state index contributed by atoms with van der Waals surface area (Å²) in [6.07, 6.45) is 1.77. The van der Waals surface area contributed by atoms with Gasteiger partial charge in [-0.25, -0.2) is 8.42 Å². The molecule has 2 aliphatic heterocycles. The van der Waals surface area contributed by atoms with Crippen LogP contribution in [0.2, 0.25) is 0 Å². The van der Waals surface area contributed by atoms with Gasteiger partial charge in [0.25, 0.3) is 0 Å². The Morgan fingerprint density at radius 1 is 1.50 bits per heavy atom. The Labute approximate surface area is 110 Å². The lowest BCUT2D eigenvalue weighted by atomic mass is 9.92. The van der Waals surface area contributed by atoms with Crippen LogP contribution in [0.15, 0.2) is 0 Å². The van der Waals surface area contributed by atoms with Gasteiger partial charge in [0.2, 0.25) is 0 Å². The van der Waals surface area contributed by atoms with Crippen LogP contribution in [0, 0.1) is 0 Å². The molecule has 3 atom stereocenters.